The van der Waals surface area contributed by atoms with Crippen LogP contribution in [-0.2, 0) is 4.79 Å². The molecule has 1 aromatic carbocycles. The maximum absolute atomic E-state index is 12.9. The molecule has 0 bridgehead atoms. The average Bonchev–Trinajstić information content (AvgIpc) is 3.26. The maximum atomic E-state index is 12.9. The Morgan fingerprint density at radius 2 is 2.00 bits per heavy atom. The Morgan fingerprint density at radius 1 is 1.26 bits per heavy atom. The third kappa shape index (κ3) is 3.29. The Hall–Kier alpha value is -2.48. The first kappa shape index (κ1) is 17.9. The van der Waals surface area contributed by atoms with E-state index in [1.54, 1.807) is 18.2 Å². The van der Waals surface area contributed by atoms with Crippen LogP contribution >= 0.6 is 0 Å². The SMILES string of the molecule is CCCN1CC2(CCN(C(=O)c3ccc4n[nH]nc4c3)CC2)CC1C(=O)O. The predicted molar refractivity (Wildman–Crippen MR) is 99.4 cm³/mol. The number of benzene rings is 1. The van der Waals surface area contributed by atoms with E-state index in [1.165, 1.54) is 0 Å². The first-order valence-electron chi connectivity index (χ1n) is 9.58. The molecule has 1 unspecified atom stereocenters. The zero-order valence-electron chi connectivity index (χ0n) is 15.5. The van der Waals surface area contributed by atoms with E-state index in [-0.39, 0.29) is 17.4 Å². The van der Waals surface area contributed by atoms with Gasteiger partial charge in [-0.15, -0.1) is 0 Å². The van der Waals surface area contributed by atoms with Crippen LogP contribution in [0.2, 0.25) is 0 Å². The molecule has 4 rings (SSSR count). The Bertz CT molecular complexity index is 856. The highest BCUT2D eigenvalue weighted by Gasteiger charge is 2.48. The number of nitrogens with zero attached hydrogens (tertiary/aromatic N) is 4. The molecule has 8 nitrogen and oxygen atoms in total. The zero-order valence-corrected chi connectivity index (χ0v) is 15.5. The molecule has 1 amide bonds. The molecular formula is C19H25N5O3. The molecule has 3 heterocycles. The second-order valence-corrected chi connectivity index (χ2v) is 7.85. The number of carboxylic acids is 1. The topological polar surface area (TPSA) is 102 Å². The normalized spacial score (nSPS) is 22.6. The lowest BCUT2D eigenvalue weighted by Gasteiger charge is -2.39. The molecule has 2 N–H and O–H groups in total. The first-order chi connectivity index (χ1) is 13.0. The fourth-order valence-electron chi connectivity index (χ4n) is 4.61. The Labute approximate surface area is 157 Å². The van der Waals surface area contributed by atoms with Crippen LogP contribution in [0, 0.1) is 5.41 Å². The minimum atomic E-state index is -0.722. The highest BCUT2D eigenvalue weighted by Crippen LogP contribution is 2.43. The van der Waals surface area contributed by atoms with Gasteiger partial charge in [0.2, 0.25) is 0 Å². The summed E-state index contributed by atoms with van der Waals surface area (Å²) in [6, 6.07) is 4.97. The van der Waals surface area contributed by atoms with Crippen molar-refractivity contribution >= 4 is 22.9 Å². The number of fused-ring (bicyclic) bond motifs is 1. The molecule has 0 aliphatic carbocycles. The van der Waals surface area contributed by atoms with Gasteiger partial charge in [-0.1, -0.05) is 6.92 Å². The van der Waals surface area contributed by atoms with Crippen molar-refractivity contribution in [2.24, 2.45) is 5.41 Å². The van der Waals surface area contributed by atoms with E-state index in [0.29, 0.717) is 30.6 Å². The monoisotopic (exact) mass is 371 g/mol. The van der Waals surface area contributed by atoms with Crippen molar-refractivity contribution in [2.45, 2.75) is 38.6 Å². The van der Waals surface area contributed by atoms with Crippen LogP contribution in [0.4, 0.5) is 0 Å². The number of piperidine rings is 1. The highest BCUT2D eigenvalue weighted by molar-refractivity contribution is 5.97. The number of carbonyl (C=O) groups is 2. The molecule has 27 heavy (non-hydrogen) atoms. The molecular weight excluding hydrogens is 346 g/mol. The molecule has 0 saturated carbocycles. The summed E-state index contributed by atoms with van der Waals surface area (Å²) in [4.78, 5) is 28.5. The van der Waals surface area contributed by atoms with Gasteiger partial charge in [-0.05, 0) is 55.8 Å². The summed E-state index contributed by atoms with van der Waals surface area (Å²) >= 11 is 0. The van der Waals surface area contributed by atoms with Crippen LogP contribution in [0.5, 0.6) is 0 Å². The van der Waals surface area contributed by atoms with Crippen molar-refractivity contribution in [3.8, 4) is 0 Å². The van der Waals surface area contributed by atoms with Crippen LogP contribution in [0.3, 0.4) is 0 Å². The number of likely N-dealkylation sites (tertiary alicyclic amines) is 2. The minimum Gasteiger partial charge on any atom is -0.480 e. The molecule has 2 aliphatic rings. The largest absolute Gasteiger partial charge is 0.480 e. The molecule has 1 aromatic heterocycles. The van der Waals surface area contributed by atoms with Crippen molar-refractivity contribution < 1.29 is 14.7 Å². The molecule has 1 atom stereocenters. The summed E-state index contributed by atoms with van der Waals surface area (Å²) < 4.78 is 0. The van der Waals surface area contributed by atoms with Crippen LogP contribution in [-0.4, -0.2) is 74.4 Å². The van der Waals surface area contributed by atoms with Gasteiger partial charge >= 0.3 is 5.97 Å². The molecule has 144 valence electrons. The molecule has 2 fully saturated rings. The number of H-pyrrole nitrogens is 1. The van der Waals surface area contributed by atoms with E-state index in [9.17, 15) is 14.7 Å². The first-order valence-corrected chi connectivity index (χ1v) is 9.58. The van der Waals surface area contributed by atoms with Gasteiger partial charge in [0.1, 0.15) is 17.1 Å². The van der Waals surface area contributed by atoms with Gasteiger partial charge < -0.3 is 10.0 Å². The van der Waals surface area contributed by atoms with E-state index < -0.39 is 5.97 Å². The number of aromatic amines is 1. The number of nitrogens with one attached hydrogen (secondary N) is 1. The van der Waals surface area contributed by atoms with Crippen molar-refractivity contribution in [2.75, 3.05) is 26.2 Å². The van der Waals surface area contributed by atoms with E-state index in [2.05, 4.69) is 27.2 Å². The number of rotatable bonds is 4. The third-order valence-corrected chi connectivity index (χ3v) is 6.08. The minimum absolute atomic E-state index is 0.00736. The second-order valence-electron chi connectivity index (χ2n) is 7.85. The van der Waals surface area contributed by atoms with Gasteiger partial charge in [-0.3, -0.25) is 14.5 Å². The molecule has 2 aromatic rings. The fourth-order valence-corrected chi connectivity index (χ4v) is 4.61. The van der Waals surface area contributed by atoms with Gasteiger partial charge in [-0.2, -0.15) is 15.4 Å². The number of carbonyl (C=O) groups excluding carboxylic acids is 1. The maximum Gasteiger partial charge on any atom is 0.320 e. The van der Waals surface area contributed by atoms with Gasteiger partial charge in [0.15, 0.2) is 0 Å². The Morgan fingerprint density at radius 3 is 2.70 bits per heavy atom. The highest BCUT2D eigenvalue weighted by atomic mass is 16.4. The standard InChI is InChI=1S/C19H25N5O3/c1-2-7-24-12-19(11-16(24)18(26)27)5-8-23(9-6-19)17(25)13-3-4-14-15(10-13)21-22-20-14/h3-4,10,16H,2,5-9,11-12H2,1H3,(H,26,27)(H,20,21,22). The lowest BCUT2D eigenvalue weighted by Crippen LogP contribution is -2.44. The van der Waals surface area contributed by atoms with Crippen molar-refractivity contribution in [3.63, 3.8) is 0 Å². The fraction of sp³-hybridized carbons (Fsp3) is 0.579. The summed E-state index contributed by atoms with van der Waals surface area (Å²) in [6.07, 6.45) is 3.36. The molecule has 2 aliphatic heterocycles. The van der Waals surface area contributed by atoms with E-state index in [1.807, 2.05) is 4.90 Å². The smallest absolute Gasteiger partial charge is 0.320 e. The average molecular weight is 371 g/mol. The summed E-state index contributed by atoms with van der Waals surface area (Å²) in [5, 5.41) is 20.2. The van der Waals surface area contributed by atoms with Gasteiger partial charge in [0.05, 0.1) is 0 Å². The molecule has 1 spiro atoms. The van der Waals surface area contributed by atoms with Crippen LogP contribution in [0.15, 0.2) is 18.2 Å². The molecule has 8 heteroatoms. The second kappa shape index (κ2) is 6.92. The Balaban J connectivity index is 1.43. The number of aromatic nitrogens is 3. The lowest BCUT2D eigenvalue weighted by atomic mass is 9.76. The third-order valence-electron chi connectivity index (χ3n) is 6.08. The summed E-state index contributed by atoms with van der Waals surface area (Å²) in [7, 11) is 0. The predicted octanol–water partition coefficient (Wildman–Crippen LogP) is 1.75. The zero-order chi connectivity index (χ0) is 19.0. The number of hydrogen-bond donors (Lipinski definition) is 2. The van der Waals surface area contributed by atoms with Gasteiger partial charge in [0, 0.05) is 25.2 Å². The summed E-state index contributed by atoms with van der Waals surface area (Å²) in [5.41, 5.74) is 2.07. The van der Waals surface area contributed by atoms with Crippen molar-refractivity contribution in [1.82, 2.24) is 25.2 Å². The summed E-state index contributed by atoms with van der Waals surface area (Å²) in [5.74, 6) is -0.715. The van der Waals surface area contributed by atoms with Crippen LogP contribution < -0.4 is 0 Å². The van der Waals surface area contributed by atoms with Crippen LogP contribution in [0.1, 0.15) is 43.0 Å². The number of carboxylic acid groups (broad SMARTS) is 1. The summed E-state index contributed by atoms with van der Waals surface area (Å²) in [6.45, 7) is 5.06. The molecule has 2 saturated heterocycles. The number of aliphatic carboxylic acids is 1. The number of hydrogen-bond acceptors (Lipinski definition) is 5. The Kier molecular flexibility index (Phi) is 4.59. The number of amides is 1. The molecule has 0 radical (unpaired) electrons. The lowest BCUT2D eigenvalue weighted by molar-refractivity contribution is -0.142. The van der Waals surface area contributed by atoms with E-state index in [0.717, 1.165) is 37.9 Å². The van der Waals surface area contributed by atoms with E-state index >= 15 is 0 Å². The van der Waals surface area contributed by atoms with Crippen molar-refractivity contribution in [3.05, 3.63) is 23.8 Å². The quantitative estimate of drug-likeness (QED) is 0.849. The van der Waals surface area contributed by atoms with Gasteiger partial charge in [0.25, 0.3) is 5.91 Å². The van der Waals surface area contributed by atoms with Crippen molar-refractivity contribution in [1.29, 1.82) is 0 Å². The van der Waals surface area contributed by atoms with Gasteiger partial charge in [-0.25, -0.2) is 0 Å². The van der Waals surface area contributed by atoms with Crippen LogP contribution in [0.25, 0.3) is 11.0 Å². The van der Waals surface area contributed by atoms with E-state index in [4.69, 9.17) is 0 Å².